The zero-order chi connectivity index (χ0) is 18.8. The molecule has 3 heteroatoms. The van der Waals surface area contributed by atoms with Gasteiger partial charge in [0.15, 0.2) is 0 Å². The first kappa shape index (κ1) is 29.4. The zero-order valence-electron chi connectivity index (χ0n) is 17.6. The Morgan fingerprint density at radius 3 is 0.920 bits per heavy atom. The predicted molar refractivity (Wildman–Crippen MR) is 110 cm³/mol. The Bertz CT molecular complexity index is 296. The summed E-state index contributed by atoms with van der Waals surface area (Å²) in [5.74, 6) is 0. The van der Waals surface area contributed by atoms with E-state index in [9.17, 15) is 0 Å². The minimum Gasteiger partial charge on any atom is -0.658 e. The molecule has 2 aliphatic rings. The fourth-order valence-electron chi connectivity index (χ4n) is 1.87. The van der Waals surface area contributed by atoms with E-state index < -0.39 is 0 Å². The van der Waals surface area contributed by atoms with Gasteiger partial charge in [0.05, 0.1) is 0 Å². The van der Waals surface area contributed by atoms with Gasteiger partial charge < -0.3 is 10.6 Å². The van der Waals surface area contributed by atoms with E-state index in [1.807, 2.05) is 24.3 Å². The molecule has 2 nitrogen and oxygen atoms in total. The average Bonchev–Trinajstić information content (AvgIpc) is 3.16. The molecule has 0 N–H and O–H groups in total. The van der Waals surface area contributed by atoms with Gasteiger partial charge in [0.25, 0.3) is 0 Å². The van der Waals surface area contributed by atoms with Crippen LogP contribution >= 0.6 is 0 Å². The summed E-state index contributed by atoms with van der Waals surface area (Å²) in [6.45, 7) is 16.8. The summed E-state index contributed by atoms with van der Waals surface area (Å²) >= 11 is 0. The van der Waals surface area contributed by atoms with Gasteiger partial charge in [-0.1, -0.05) is 55.4 Å². The van der Waals surface area contributed by atoms with Gasteiger partial charge in [-0.05, 0) is 0 Å². The van der Waals surface area contributed by atoms with E-state index in [1.165, 1.54) is 0 Å². The molecule has 0 spiro atoms. The fraction of sp³-hybridized carbons (Fsp3) is 0.636. The summed E-state index contributed by atoms with van der Waals surface area (Å²) in [7, 11) is 0. The SMILES string of the molecule is CC(C)[N-]C(C)C.CC(C)[N-]C(C)C.[C-]1=CC=CC1.[C-]1=CC=CC1.[Ti+4]. The van der Waals surface area contributed by atoms with Crippen LogP contribution < -0.4 is 0 Å². The first-order valence-electron chi connectivity index (χ1n) is 9.09. The van der Waals surface area contributed by atoms with Gasteiger partial charge in [-0.2, -0.15) is 12.2 Å². The molecule has 0 radical (unpaired) electrons. The molecule has 140 valence electrons. The smallest absolute Gasteiger partial charge is 0.658 e. The molecule has 0 aromatic heterocycles. The molecular weight excluding hydrogens is 340 g/mol. The molecule has 0 amide bonds. The van der Waals surface area contributed by atoms with Crippen molar-refractivity contribution < 1.29 is 21.7 Å². The predicted octanol–water partition coefficient (Wildman–Crippen LogP) is 6.96. The Hall–Kier alpha value is -0.406. The van der Waals surface area contributed by atoms with Gasteiger partial charge in [0, 0.05) is 0 Å². The summed E-state index contributed by atoms with van der Waals surface area (Å²) in [6.07, 6.45) is 20.0. The fourth-order valence-corrected chi connectivity index (χ4v) is 1.87. The molecule has 0 fully saturated rings. The topological polar surface area (TPSA) is 28.2 Å². The number of allylic oxidation sites excluding steroid dienone is 8. The van der Waals surface area contributed by atoms with E-state index in [0.717, 1.165) is 12.8 Å². The Labute approximate surface area is 173 Å². The molecule has 0 unspecified atom stereocenters. The zero-order valence-corrected chi connectivity index (χ0v) is 19.1. The summed E-state index contributed by atoms with van der Waals surface area (Å²) < 4.78 is 0. The molecule has 0 saturated heterocycles. The minimum atomic E-state index is 0. The monoisotopic (exact) mass is 378 g/mol. The number of hydrogen-bond acceptors (Lipinski definition) is 0. The van der Waals surface area contributed by atoms with Crippen molar-refractivity contribution in [1.82, 2.24) is 0 Å². The van der Waals surface area contributed by atoms with Gasteiger partial charge in [0.2, 0.25) is 0 Å². The number of hydrogen-bond donors (Lipinski definition) is 0. The first-order chi connectivity index (χ1) is 11.3. The van der Waals surface area contributed by atoms with Crippen molar-refractivity contribution in [3.8, 4) is 0 Å². The van der Waals surface area contributed by atoms with E-state index >= 15 is 0 Å². The van der Waals surface area contributed by atoms with Crippen LogP contribution in [0, 0.1) is 12.2 Å². The van der Waals surface area contributed by atoms with Crippen LogP contribution in [0.25, 0.3) is 10.6 Å². The van der Waals surface area contributed by atoms with Crippen molar-refractivity contribution in [2.24, 2.45) is 0 Å². The molecule has 0 bridgehead atoms. The summed E-state index contributed by atoms with van der Waals surface area (Å²) in [6, 6.07) is 2.00. The van der Waals surface area contributed by atoms with Gasteiger partial charge in [-0.15, -0.1) is 37.0 Å². The van der Waals surface area contributed by atoms with Crippen molar-refractivity contribution in [2.75, 3.05) is 0 Å². The largest absolute Gasteiger partial charge is 4.00 e. The van der Waals surface area contributed by atoms with Crippen LogP contribution in [-0.4, -0.2) is 24.2 Å². The van der Waals surface area contributed by atoms with E-state index in [2.05, 4.69) is 90.3 Å². The summed E-state index contributed by atoms with van der Waals surface area (Å²) in [5.41, 5.74) is 0. The van der Waals surface area contributed by atoms with Crippen LogP contribution in [0.1, 0.15) is 68.2 Å². The van der Waals surface area contributed by atoms with Crippen molar-refractivity contribution in [3.63, 3.8) is 0 Å². The molecule has 0 aromatic carbocycles. The second kappa shape index (κ2) is 21.6. The quantitative estimate of drug-likeness (QED) is 0.374. The molecule has 2 rings (SSSR count). The van der Waals surface area contributed by atoms with Crippen molar-refractivity contribution in [1.29, 1.82) is 0 Å². The molecule has 0 aliphatic heterocycles. The third-order valence-electron chi connectivity index (χ3n) is 2.36. The van der Waals surface area contributed by atoms with Crippen LogP contribution in [0.2, 0.25) is 0 Å². The maximum atomic E-state index is 4.28. The molecule has 25 heavy (non-hydrogen) atoms. The molecule has 0 saturated carbocycles. The number of rotatable bonds is 4. The van der Waals surface area contributed by atoms with E-state index in [1.54, 1.807) is 0 Å². The van der Waals surface area contributed by atoms with Crippen molar-refractivity contribution >= 4 is 0 Å². The second-order valence-electron chi connectivity index (χ2n) is 6.68. The standard InChI is InChI=1S/2C6H14N.2C5H5.Ti/c2*1-5(2)7-6(3)4;2*1-2-4-5-3-1;/h2*5-6H,1-4H3;2*1-3H,4H2;/q4*-1;+4. The van der Waals surface area contributed by atoms with E-state index in [4.69, 9.17) is 0 Å². The van der Waals surface area contributed by atoms with E-state index in [0.29, 0.717) is 24.2 Å². The van der Waals surface area contributed by atoms with Crippen LogP contribution in [0.3, 0.4) is 0 Å². The summed E-state index contributed by atoms with van der Waals surface area (Å²) in [5, 5.41) is 8.56. The van der Waals surface area contributed by atoms with Crippen molar-refractivity contribution in [2.45, 2.75) is 92.4 Å². The Balaban J connectivity index is -0.000000257. The van der Waals surface area contributed by atoms with Gasteiger partial charge in [0.1, 0.15) is 0 Å². The molecule has 0 atom stereocenters. The third kappa shape index (κ3) is 35.5. The molecule has 0 heterocycles. The normalized spacial score (nSPS) is 13.3. The van der Waals surface area contributed by atoms with Crippen LogP contribution in [0.15, 0.2) is 36.5 Å². The van der Waals surface area contributed by atoms with E-state index in [-0.39, 0.29) is 21.7 Å². The van der Waals surface area contributed by atoms with Gasteiger partial charge in [-0.25, -0.2) is 24.3 Å². The molecular formula is C22H38N2Ti. The first-order valence-corrected chi connectivity index (χ1v) is 9.09. The Morgan fingerprint density at radius 2 is 0.880 bits per heavy atom. The van der Waals surface area contributed by atoms with Crippen LogP contribution in [0.4, 0.5) is 0 Å². The second-order valence-corrected chi connectivity index (χ2v) is 6.68. The Kier molecular flexibility index (Phi) is 25.4. The molecule has 0 aromatic rings. The minimum absolute atomic E-state index is 0. The average molecular weight is 378 g/mol. The van der Waals surface area contributed by atoms with Crippen molar-refractivity contribution in [3.05, 3.63) is 59.2 Å². The Morgan fingerprint density at radius 1 is 0.600 bits per heavy atom. The third-order valence-corrected chi connectivity index (χ3v) is 2.36. The van der Waals surface area contributed by atoms with Crippen LogP contribution in [-0.2, 0) is 21.7 Å². The maximum absolute atomic E-state index is 4.28. The van der Waals surface area contributed by atoms with Gasteiger partial charge in [-0.3, -0.25) is 12.2 Å². The van der Waals surface area contributed by atoms with Crippen LogP contribution in [0.5, 0.6) is 0 Å². The summed E-state index contributed by atoms with van der Waals surface area (Å²) in [4.78, 5) is 0. The number of nitrogens with zero attached hydrogens (tertiary/aromatic N) is 2. The maximum Gasteiger partial charge on any atom is 4.00 e. The van der Waals surface area contributed by atoms with Gasteiger partial charge >= 0.3 is 21.7 Å². The molecule has 2 aliphatic carbocycles.